The van der Waals surface area contributed by atoms with E-state index in [0.29, 0.717) is 31.1 Å². The number of aliphatic hydroxyl groups excluding tert-OH is 1. The Morgan fingerprint density at radius 3 is 2.39 bits per heavy atom. The van der Waals surface area contributed by atoms with Crippen LogP contribution in [0, 0.1) is 17.8 Å². The van der Waals surface area contributed by atoms with E-state index in [1.54, 1.807) is 0 Å². The summed E-state index contributed by atoms with van der Waals surface area (Å²) in [6, 6.07) is 0. The van der Waals surface area contributed by atoms with Crippen LogP contribution in [-0.4, -0.2) is 60.7 Å². The molecule has 2 rings (SSSR count). The SMILES string of the molecule is CC(C)[C@H]1CC[C@@H](C)C[C@@H]1OC[C@@H](O)CN1C[C@@H](C)O[C@@H](C)C1. The van der Waals surface area contributed by atoms with E-state index < -0.39 is 6.10 Å². The van der Waals surface area contributed by atoms with Gasteiger partial charge in [0, 0.05) is 19.6 Å². The molecule has 4 heteroatoms. The number of hydrogen-bond acceptors (Lipinski definition) is 4. The van der Waals surface area contributed by atoms with E-state index in [0.717, 1.165) is 25.4 Å². The first-order valence-corrected chi connectivity index (χ1v) is 9.52. The fraction of sp³-hybridized carbons (Fsp3) is 1.00. The molecule has 0 bridgehead atoms. The molecule has 2 aliphatic rings. The van der Waals surface area contributed by atoms with Gasteiger partial charge in [0.15, 0.2) is 0 Å². The maximum absolute atomic E-state index is 10.4. The number of hydrogen-bond donors (Lipinski definition) is 1. The molecule has 0 radical (unpaired) electrons. The summed E-state index contributed by atoms with van der Waals surface area (Å²) in [6.45, 7) is 14.1. The summed E-state index contributed by atoms with van der Waals surface area (Å²) < 4.78 is 11.9. The van der Waals surface area contributed by atoms with Crippen LogP contribution in [0.15, 0.2) is 0 Å². The molecule has 0 aromatic rings. The number of nitrogens with zero attached hydrogens (tertiary/aromatic N) is 1. The van der Waals surface area contributed by atoms with Crippen LogP contribution in [0.2, 0.25) is 0 Å². The summed E-state index contributed by atoms with van der Waals surface area (Å²) in [6.07, 6.45) is 4.12. The van der Waals surface area contributed by atoms with Crippen molar-refractivity contribution >= 4 is 0 Å². The van der Waals surface area contributed by atoms with Gasteiger partial charge in [-0.2, -0.15) is 0 Å². The van der Waals surface area contributed by atoms with Crippen LogP contribution < -0.4 is 0 Å². The average molecular weight is 328 g/mol. The molecule has 4 nitrogen and oxygen atoms in total. The highest BCUT2D eigenvalue weighted by molar-refractivity contribution is 4.82. The molecular formula is C19H37NO3. The minimum absolute atomic E-state index is 0.247. The molecule has 2 fully saturated rings. The lowest BCUT2D eigenvalue weighted by Gasteiger charge is -2.38. The number of rotatable bonds is 6. The van der Waals surface area contributed by atoms with Crippen molar-refractivity contribution in [1.29, 1.82) is 0 Å². The molecule has 1 saturated carbocycles. The lowest BCUT2D eigenvalue weighted by atomic mass is 9.75. The summed E-state index contributed by atoms with van der Waals surface area (Å²) >= 11 is 0. The number of β-amino-alcohol motifs (C(OH)–C–C–N with tert-alkyl or cyclic N) is 1. The van der Waals surface area contributed by atoms with Gasteiger partial charge >= 0.3 is 0 Å². The maximum atomic E-state index is 10.4. The molecule has 0 spiro atoms. The lowest BCUT2D eigenvalue weighted by Crippen LogP contribution is -2.49. The Balaban J connectivity index is 1.77. The van der Waals surface area contributed by atoms with E-state index in [1.807, 2.05) is 0 Å². The predicted octanol–water partition coefficient (Wildman–Crippen LogP) is 2.93. The minimum atomic E-state index is -0.405. The molecule has 1 saturated heterocycles. The molecule has 136 valence electrons. The van der Waals surface area contributed by atoms with Crippen LogP contribution in [0.3, 0.4) is 0 Å². The highest BCUT2D eigenvalue weighted by Gasteiger charge is 2.32. The van der Waals surface area contributed by atoms with E-state index >= 15 is 0 Å². The quantitative estimate of drug-likeness (QED) is 0.814. The molecule has 1 N–H and O–H groups in total. The first-order chi connectivity index (χ1) is 10.8. The normalized spacial score (nSPS) is 38.0. The summed E-state index contributed by atoms with van der Waals surface area (Å²) in [4.78, 5) is 2.30. The van der Waals surface area contributed by atoms with Crippen molar-refractivity contribution in [3.63, 3.8) is 0 Å². The van der Waals surface area contributed by atoms with Crippen molar-refractivity contribution in [2.24, 2.45) is 17.8 Å². The van der Waals surface area contributed by atoms with E-state index in [1.165, 1.54) is 12.8 Å². The van der Waals surface area contributed by atoms with Gasteiger partial charge in [-0.3, -0.25) is 4.90 Å². The van der Waals surface area contributed by atoms with Crippen LogP contribution in [0.5, 0.6) is 0 Å². The molecule has 23 heavy (non-hydrogen) atoms. The van der Waals surface area contributed by atoms with Crippen LogP contribution in [0.1, 0.15) is 53.9 Å². The van der Waals surface area contributed by atoms with Gasteiger partial charge in [-0.05, 0) is 44.4 Å². The molecule has 0 aromatic carbocycles. The first kappa shape index (κ1) is 19.2. The van der Waals surface area contributed by atoms with Crippen LogP contribution in [0.4, 0.5) is 0 Å². The summed E-state index contributed by atoms with van der Waals surface area (Å²) in [7, 11) is 0. The number of morpholine rings is 1. The van der Waals surface area contributed by atoms with Gasteiger partial charge < -0.3 is 14.6 Å². The zero-order chi connectivity index (χ0) is 17.0. The van der Waals surface area contributed by atoms with Gasteiger partial charge in [0.25, 0.3) is 0 Å². The fourth-order valence-electron chi connectivity index (χ4n) is 4.33. The second-order valence-corrected chi connectivity index (χ2v) is 8.33. The number of ether oxygens (including phenoxy) is 2. The average Bonchev–Trinajstić information content (AvgIpc) is 2.43. The fourth-order valence-corrected chi connectivity index (χ4v) is 4.33. The van der Waals surface area contributed by atoms with Crippen molar-refractivity contribution in [3.05, 3.63) is 0 Å². The van der Waals surface area contributed by atoms with Crippen molar-refractivity contribution in [2.75, 3.05) is 26.2 Å². The molecule has 1 aliphatic heterocycles. The Labute approximate surface area is 142 Å². The van der Waals surface area contributed by atoms with Crippen LogP contribution >= 0.6 is 0 Å². The third kappa shape index (κ3) is 6.00. The first-order valence-electron chi connectivity index (χ1n) is 9.52. The van der Waals surface area contributed by atoms with E-state index in [4.69, 9.17) is 9.47 Å². The predicted molar refractivity (Wildman–Crippen MR) is 93.5 cm³/mol. The third-order valence-electron chi connectivity index (χ3n) is 5.43. The van der Waals surface area contributed by atoms with Gasteiger partial charge in [-0.1, -0.05) is 27.2 Å². The minimum Gasteiger partial charge on any atom is -0.389 e. The highest BCUT2D eigenvalue weighted by Crippen LogP contribution is 2.35. The van der Waals surface area contributed by atoms with Crippen molar-refractivity contribution in [3.8, 4) is 0 Å². The third-order valence-corrected chi connectivity index (χ3v) is 5.43. The topological polar surface area (TPSA) is 41.9 Å². The van der Waals surface area contributed by atoms with Crippen molar-refractivity contribution in [2.45, 2.75) is 78.3 Å². The monoisotopic (exact) mass is 327 g/mol. The standard InChI is InChI=1S/C19H37NO3/c1-13(2)18-7-6-14(3)8-19(18)22-12-17(21)11-20-9-15(4)23-16(5)10-20/h13-19,21H,6-12H2,1-5H3/t14-,15-,16+,17+,18-,19+/m1/s1. The van der Waals surface area contributed by atoms with Gasteiger partial charge in [0.1, 0.15) is 0 Å². The summed E-state index contributed by atoms with van der Waals surface area (Å²) in [5, 5.41) is 10.4. The van der Waals surface area contributed by atoms with Gasteiger partial charge in [-0.25, -0.2) is 0 Å². The van der Waals surface area contributed by atoms with Gasteiger partial charge in [-0.15, -0.1) is 0 Å². The maximum Gasteiger partial charge on any atom is 0.0900 e. The second-order valence-electron chi connectivity index (χ2n) is 8.33. The molecule has 1 aliphatic carbocycles. The lowest BCUT2D eigenvalue weighted by molar-refractivity contribution is -0.0974. The largest absolute Gasteiger partial charge is 0.389 e. The van der Waals surface area contributed by atoms with Crippen LogP contribution in [0.25, 0.3) is 0 Å². The molecular weight excluding hydrogens is 290 g/mol. The highest BCUT2D eigenvalue weighted by atomic mass is 16.5. The van der Waals surface area contributed by atoms with E-state index in [9.17, 15) is 5.11 Å². The summed E-state index contributed by atoms with van der Waals surface area (Å²) in [5.74, 6) is 2.04. The summed E-state index contributed by atoms with van der Waals surface area (Å²) in [5.41, 5.74) is 0. The molecule has 6 atom stereocenters. The van der Waals surface area contributed by atoms with Gasteiger partial charge in [0.2, 0.25) is 0 Å². The zero-order valence-corrected chi connectivity index (χ0v) is 15.7. The second kappa shape index (κ2) is 8.80. The Kier molecular flexibility index (Phi) is 7.33. The Morgan fingerprint density at radius 1 is 1.13 bits per heavy atom. The molecule has 0 aromatic heterocycles. The van der Waals surface area contributed by atoms with E-state index in [-0.39, 0.29) is 12.2 Å². The van der Waals surface area contributed by atoms with E-state index in [2.05, 4.69) is 39.5 Å². The van der Waals surface area contributed by atoms with Crippen LogP contribution in [-0.2, 0) is 9.47 Å². The molecule has 0 unspecified atom stereocenters. The number of aliphatic hydroxyl groups is 1. The molecule has 1 heterocycles. The smallest absolute Gasteiger partial charge is 0.0900 e. The van der Waals surface area contributed by atoms with Crippen molar-refractivity contribution in [1.82, 2.24) is 4.90 Å². The van der Waals surface area contributed by atoms with Crippen molar-refractivity contribution < 1.29 is 14.6 Å². The van der Waals surface area contributed by atoms with Gasteiger partial charge in [0.05, 0.1) is 31.0 Å². The molecule has 0 amide bonds. The Morgan fingerprint density at radius 2 is 1.78 bits per heavy atom. The zero-order valence-electron chi connectivity index (χ0n) is 15.7. The Hall–Kier alpha value is -0.160. The Bertz CT molecular complexity index is 340.